The van der Waals surface area contributed by atoms with Crippen molar-refractivity contribution in [3.63, 3.8) is 0 Å². The molecular formula is C13H20N2O4S2. The summed E-state index contributed by atoms with van der Waals surface area (Å²) in [6.45, 7) is 2.53. The van der Waals surface area contributed by atoms with Crippen molar-refractivity contribution in [1.29, 1.82) is 0 Å². The van der Waals surface area contributed by atoms with Crippen LogP contribution in [0.15, 0.2) is 29.2 Å². The van der Waals surface area contributed by atoms with Crippen molar-refractivity contribution in [3.8, 4) is 0 Å². The van der Waals surface area contributed by atoms with E-state index in [1.54, 1.807) is 18.2 Å². The Morgan fingerprint density at radius 2 is 1.76 bits per heavy atom. The maximum Gasteiger partial charge on any atom is 0.240 e. The predicted octanol–water partition coefficient (Wildman–Crippen LogP) is 0.697. The predicted molar refractivity (Wildman–Crippen MR) is 80.9 cm³/mol. The molecule has 0 aromatic heterocycles. The van der Waals surface area contributed by atoms with Gasteiger partial charge in [0.2, 0.25) is 20.0 Å². The molecular weight excluding hydrogens is 312 g/mol. The second-order valence-corrected chi connectivity index (χ2v) is 9.07. The molecule has 8 heteroatoms. The summed E-state index contributed by atoms with van der Waals surface area (Å²) in [7, 11) is -6.75. The Morgan fingerprint density at radius 3 is 2.29 bits per heavy atom. The van der Waals surface area contributed by atoms with Crippen molar-refractivity contribution in [3.05, 3.63) is 29.8 Å². The molecule has 1 aromatic carbocycles. The first-order chi connectivity index (χ1) is 9.68. The number of benzene rings is 1. The molecule has 1 aliphatic heterocycles. The summed E-state index contributed by atoms with van der Waals surface area (Å²) < 4.78 is 51.5. The maximum atomic E-state index is 12.3. The Labute approximate surface area is 126 Å². The molecule has 1 aromatic rings. The molecule has 0 saturated carbocycles. The van der Waals surface area contributed by atoms with Gasteiger partial charge in [0.25, 0.3) is 0 Å². The average Bonchev–Trinajstić information content (AvgIpc) is 2.38. The SMILES string of the molecule is Cc1cccc(S(=O)(=O)NC2CCN(S(C)(=O)=O)CC2)c1. The van der Waals surface area contributed by atoms with Gasteiger partial charge in [-0.2, -0.15) is 0 Å². The second-order valence-electron chi connectivity index (χ2n) is 5.37. The molecule has 118 valence electrons. The summed E-state index contributed by atoms with van der Waals surface area (Å²) in [5, 5.41) is 0. The van der Waals surface area contributed by atoms with Gasteiger partial charge < -0.3 is 0 Å². The third-order valence-corrected chi connectivity index (χ3v) is 6.37. The topological polar surface area (TPSA) is 83.6 Å². The molecule has 21 heavy (non-hydrogen) atoms. The van der Waals surface area contributed by atoms with E-state index in [9.17, 15) is 16.8 Å². The number of nitrogens with one attached hydrogen (secondary N) is 1. The van der Waals surface area contributed by atoms with Crippen LogP contribution in [0, 0.1) is 6.92 Å². The van der Waals surface area contributed by atoms with E-state index < -0.39 is 20.0 Å². The zero-order chi connectivity index (χ0) is 15.7. The number of hydrogen-bond donors (Lipinski definition) is 1. The quantitative estimate of drug-likeness (QED) is 0.879. The zero-order valence-electron chi connectivity index (χ0n) is 12.1. The molecule has 6 nitrogen and oxygen atoms in total. The summed E-state index contributed by atoms with van der Waals surface area (Å²) in [4.78, 5) is 0.244. The lowest BCUT2D eigenvalue weighted by Gasteiger charge is -2.30. The Bertz CT molecular complexity index is 705. The van der Waals surface area contributed by atoms with Crippen LogP contribution in [0.1, 0.15) is 18.4 Å². The first-order valence-electron chi connectivity index (χ1n) is 6.72. The van der Waals surface area contributed by atoms with Crippen molar-refractivity contribution in [1.82, 2.24) is 9.03 Å². The van der Waals surface area contributed by atoms with Crippen LogP contribution < -0.4 is 4.72 Å². The highest BCUT2D eigenvalue weighted by molar-refractivity contribution is 7.89. The first kappa shape index (κ1) is 16.4. The van der Waals surface area contributed by atoms with Gasteiger partial charge in [0.1, 0.15) is 0 Å². The maximum absolute atomic E-state index is 12.3. The molecule has 1 aliphatic rings. The summed E-state index contributed by atoms with van der Waals surface area (Å²) in [6, 6.07) is 6.49. The molecule has 0 spiro atoms. The monoisotopic (exact) mass is 332 g/mol. The Hall–Kier alpha value is -0.960. The van der Waals surface area contributed by atoms with E-state index in [0.717, 1.165) is 5.56 Å². The van der Waals surface area contributed by atoms with Crippen LogP contribution in [0.5, 0.6) is 0 Å². The van der Waals surface area contributed by atoms with Gasteiger partial charge in [0, 0.05) is 19.1 Å². The fourth-order valence-electron chi connectivity index (χ4n) is 2.38. The van der Waals surface area contributed by atoms with E-state index in [2.05, 4.69) is 4.72 Å². The summed E-state index contributed by atoms with van der Waals surface area (Å²) in [5.41, 5.74) is 0.879. The Kier molecular flexibility index (Phi) is 4.72. The van der Waals surface area contributed by atoms with Gasteiger partial charge >= 0.3 is 0 Å². The molecule has 2 rings (SSSR count). The van der Waals surface area contributed by atoms with Gasteiger partial charge in [0.15, 0.2) is 0 Å². The largest absolute Gasteiger partial charge is 0.240 e. The second kappa shape index (κ2) is 6.04. The third kappa shape index (κ3) is 4.26. The molecule has 0 bridgehead atoms. The number of aryl methyl sites for hydroxylation is 1. The summed E-state index contributed by atoms with van der Waals surface area (Å²) in [6.07, 6.45) is 2.14. The van der Waals surface area contributed by atoms with Crippen LogP contribution in [0.4, 0.5) is 0 Å². The van der Waals surface area contributed by atoms with Gasteiger partial charge in [0.05, 0.1) is 11.2 Å². The van der Waals surface area contributed by atoms with Gasteiger partial charge in [-0.25, -0.2) is 25.9 Å². The normalized spacial score (nSPS) is 18.8. The lowest BCUT2D eigenvalue weighted by Crippen LogP contribution is -2.46. The third-order valence-electron chi connectivity index (χ3n) is 3.54. The minimum Gasteiger partial charge on any atom is -0.213 e. The van der Waals surface area contributed by atoms with E-state index in [-0.39, 0.29) is 10.9 Å². The minimum absolute atomic E-state index is 0.228. The van der Waals surface area contributed by atoms with Crippen LogP contribution >= 0.6 is 0 Å². The zero-order valence-corrected chi connectivity index (χ0v) is 13.7. The van der Waals surface area contributed by atoms with E-state index in [1.807, 2.05) is 13.0 Å². The molecule has 0 aliphatic carbocycles. The van der Waals surface area contributed by atoms with Crippen molar-refractivity contribution in [2.45, 2.75) is 30.7 Å². The lowest BCUT2D eigenvalue weighted by molar-refractivity contribution is 0.310. The van der Waals surface area contributed by atoms with Crippen molar-refractivity contribution in [2.75, 3.05) is 19.3 Å². The lowest BCUT2D eigenvalue weighted by atomic mass is 10.1. The van der Waals surface area contributed by atoms with Gasteiger partial charge in [-0.15, -0.1) is 0 Å². The first-order valence-corrected chi connectivity index (χ1v) is 10.1. The Morgan fingerprint density at radius 1 is 1.14 bits per heavy atom. The molecule has 0 unspecified atom stereocenters. The number of sulfonamides is 2. The molecule has 0 amide bonds. The average molecular weight is 332 g/mol. The molecule has 1 saturated heterocycles. The molecule has 0 radical (unpaired) electrons. The Balaban J connectivity index is 2.03. The van der Waals surface area contributed by atoms with E-state index in [1.165, 1.54) is 10.6 Å². The van der Waals surface area contributed by atoms with Crippen LogP contribution in [-0.4, -0.2) is 46.5 Å². The fourth-order valence-corrected chi connectivity index (χ4v) is 4.66. The van der Waals surface area contributed by atoms with Gasteiger partial charge in [-0.1, -0.05) is 12.1 Å². The number of nitrogens with zero attached hydrogens (tertiary/aromatic N) is 1. The summed E-state index contributed by atoms with van der Waals surface area (Å²) in [5.74, 6) is 0. The number of piperidine rings is 1. The van der Waals surface area contributed by atoms with Gasteiger partial charge in [-0.05, 0) is 37.5 Å². The molecule has 1 heterocycles. The number of rotatable bonds is 4. The summed E-state index contributed by atoms with van der Waals surface area (Å²) >= 11 is 0. The highest BCUT2D eigenvalue weighted by atomic mass is 32.2. The minimum atomic E-state index is -3.55. The standard InChI is InChI=1S/C13H20N2O4S2/c1-11-4-3-5-13(10-11)21(18,19)14-12-6-8-15(9-7-12)20(2,16)17/h3-5,10,12,14H,6-9H2,1-2H3. The number of hydrogen-bond acceptors (Lipinski definition) is 4. The van der Waals surface area contributed by atoms with Gasteiger partial charge in [-0.3, -0.25) is 0 Å². The highest BCUT2D eigenvalue weighted by Gasteiger charge is 2.28. The van der Waals surface area contributed by atoms with Crippen molar-refractivity contribution >= 4 is 20.0 Å². The van der Waals surface area contributed by atoms with Crippen molar-refractivity contribution < 1.29 is 16.8 Å². The molecule has 1 N–H and O–H groups in total. The van der Waals surface area contributed by atoms with Crippen LogP contribution in [0.2, 0.25) is 0 Å². The van der Waals surface area contributed by atoms with Crippen LogP contribution in [0.25, 0.3) is 0 Å². The van der Waals surface area contributed by atoms with Crippen LogP contribution in [-0.2, 0) is 20.0 Å². The fraction of sp³-hybridized carbons (Fsp3) is 0.538. The van der Waals surface area contributed by atoms with E-state index in [4.69, 9.17) is 0 Å². The van der Waals surface area contributed by atoms with Crippen molar-refractivity contribution in [2.24, 2.45) is 0 Å². The molecule has 1 fully saturated rings. The smallest absolute Gasteiger partial charge is 0.213 e. The highest BCUT2D eigenvalue weighted by Crippen LogP contribution is 2.17. The van der Waals surface area contributed by atoms with Crippen LogP contribution in [0.3, 0.4) is 0 Å². The molecule has 0 atom stereocenters. The van der Waals surface area contributed by atoms with E-state index >= 15 is 0 Å². The van der Waals surface area contributed by atoms with E-state index in [0.29, 0.717) is 25.9 Å².